The van der Waals surface area contributed by atoms with Crippen LogP contribution in [0.4, 0.5) is 4.79 Å². The summed E-state index contributed by atoms with van der Waals surface area (Å²) in [5.74, 6) is 0.261. The average Bonchev–Trinajstić information content (AvgIpc) is 2.47. The number of benzene rings is 2. The quantitative estimate of drug-likeness (QED) is 0.740. The van der Waals surface area contributed by atoms with Gasteiger partial charge in [-0.1, -0.05) is 39.7 Å². The van der Waals surface area contributed by atoms with E-state index in [0.717, 1.165) is 4.47 Å². The second-order valence-electron chi connectivity index (χ2n) is 6.40. The van der Waals surface area contributed by atoms with Gasteiger partial charge in [0.15, 0.2) is 0 Å². The Bertz CT molecular complexity index is 726. The lowest BCUT2D eigenvalue weighted by Crippen LogP contribution is -2.42. The molecule has 2 rings (SSSR count). The van der Waals surface area contributed by atoms with E-state index in [9.17, 15) is 9.90 Å². The molecule has 4 nitrogen and oxygen atoms in total. The molecular weight excluding hydrogens is 394 g/mol. The van der Waals surface area contributed by atoms with Gasteiger partial charge in [0, 0.05) is 20.6 Å². The number of ether oxygens (including phenoxy) is 1. The minimum Gasteiger partial charge on any atom is -0.410 e. The lowest BCUT2D eigenvalue weighted by atomic mass is 10.0. The second-order valence-corrected chi connectivity index (χ2v) is 7.75. The number of amides is 1. The molecule has 6 heteroatoms. The maximum absolute atomic E-state index is 12.0. The molecule has 0 heterocycles. The number of hydrogen-bond donors (Lipinski definition) is 2. The maximum Gasteiger partial charge on any atom is 0.413 e. The van der Waals surface area contributed by atoms with Crippen LogP contribution < -0.4 is 10.1 Å². The Balaban J connectivity index is 2.30. The van der Waals surface area contributed by atoms with Crippen LogP contribution in [0, 0.1) is 0 Å². The Morgan fingerprint density at radius 1 is 1.21 bits per heavy atom. The van der Waals surface area contributed by atoms with Gasteiger partial charge in [0.1, 0.15) is 11.9 Å². The minimum atomic E-state index is -0.964. The second kappa shape index (κ2) is 7.55. The summed E-state index contributed by atoms with van der Waals surface area (Å²) < 4.78 is 6.27. The zero-order chi connectivity index (χ0) is 17.9. The van der Waals surface area contributed by atoms with Crippen LogP contribution >= 0.6 is 27.5 Å². The number of aliphatic hydroxyl groups is 1. The molecule has 1 unspecified atom stereocenters. The van der Waals surface area contributed by atoms with E-state index in [0.29, 0.717) is 16.1 Å². The summed E-state index contributed by atoms with van der Waals surface area (Å²) in [6, 6.07) is 12.0. The molecule has 0 aliphatic carbocycles. The number of carbonyl (C=O) groups excluding carboxylic acids is 1. The highest BCUT2D eigenvalue weighted by atomic mass is 79.9. The molecule has 24 heavy (non-hydrogen) atoms. The summed E-state index contributed by atoms with van der Waals surface area (Å²) in [4.78, 5) is 12.0. The summed E-state index contributed by atoms with van der Waals surface area (Å²) >= 11 is 9.40. The standard InChI is InChI=1S/C18H19BrClNO3/c1-18(2,3)21-17(23)24-15-9-8-13(20)10-14(15)16(22)11-4-6-12(19)7-5-11/h4-10,16,22H,1-3H3,(H,21,23). The van der Waals surface area contributed by atoms with Crippen molar-refractivity contribution in [2.45, 2.75) is 32.4 Å². The first kappa shape index (κ1) is 18.8. The van der Waals surface area contributed by atoms with E-state index in [2.05, 4.69) is 21.2 Å². The van der Waals surface area contributed by atoms with Crippen molar-refractivity contribution in [2.24, 2.45) is 0 Å². The summed E-state index contributed by atoms with van der Waals surface area (Å²) in [5.41, 5.74) is 0.670. The molecule has 1 atom stereocenters. The predicted octanol–water partition coefficient (Wildman–Crippen LogP) is 5.07. The topological polar surface area (TPSA) is 58.6 Å². The smallest absolute Gasteiger partial charge is 0.410 e. The van der Waals surface area contributed by atoms with Crippen molar-refractivity contribution in [1.29, 1.82) is 0 Å². The number of rotatable bonds is 3. The number of nitrogens with one attached hydrogen (secondary N) is 1. The first-order valence-electron chi connectivity index (χ1n) is 7.39. The Labute approximate surface area is 154 Å². The number of halogens is 2. The fraction of sp³-hybridized carbons (Fsp3) is 0.278. The number of aliphatic hydroxyl groups excluding tert-OH is 1. The number of hydrogen-bond acceptors (Lipinski definition) is 3. The maximum atomic E-state index is 12.0. The van der Waals surface area contributed by atoms with Gasteiger partial charge in [0.25, 0.3) is 0 Å². The minimum absolute atomic E-state index is 0.261. The summed E-state index contributed by atoms with van der Waals surface area (Å²) in [6.07, 6.45) is -1.55. The normalized spacial score (nSPS) is 12.6. The van der Waals surface area contributed by atoms with Crippen LogP contribution in [0.2, 0.25) is 5.02 Å². The highest BCUT2D eigenvalue weighted by Gasteiger charge is 2.20. The fourth-order valence-electron chi connectivity index (χ4n) is 2.08. The van der Waals surface area contributed by atoms with E-state index >= 15 is 0 Å². The van der Waals surface area contributed by atoms with Crippen molar-refractivity contribution < 1.29 is 14.6 Å². The third-order valence-corrected chi connectivity index (χ3v) is 3.90. The molecule has 2 aromatic carbocycles. The molecule has 0 spiro atoms. The Morgan fingerprint density at radius 2 is 1.83 bits per heavy atom. The van der Waals surface area contributed by atoms with Crippen LogP contribution in [-0.4, -0.2) is 16.7 Å². The average molecular weight is 413 g/mol. The fourth-order valence-corrected chi connectivity index (χ4v) is 2.53. The Morgan fingerprint density at radius 3 is 2.42 bits per heavy atom. The van der Waals surface area contributed by atoms with E-state index in [-0.39, 0.29) is 5.75 Å². The van der Waals surface area contributed by atoms with Gasteiger partial charge in [-0.05, 0) is 56.7 Å². The van der Waals surface area contributed by atoms with Gasteiger partial charge in [-0.25, -0.2) is 4.79 Å². The number of carbonyl (C=O) groups is 1. The van der Waals surface area contributed by atoms with Crippen molar-refractivity contribution in [3.8, 4) is 5.75 Å². The van der Waals surface area contributed by atoms with E-state index < -0.39 is 17.7 Å². The largest absolute Gasteiger partial charge is 0.413 e. The third-order valence-electron chi connectivity index (χ3n) is 3.13. The zero-order valence-corrected chi connectivity index (χ0v) is 16.0. The van der Waals surface area contributed by atoms with Crippen LogP contribution in [0.3, 0.4) is 0 Å². The van der Waals surface area contributed by atoms with Crippen molar-refractivity contribution in [3.63, 3.8) is 0 Å². The van der Waals surface area contributed by atoms with Crippen molar-refractivity contribution in [2.75, 3.05) is 0 Å². The van der Waals surface area contributed by atoms with Crippen LogP contribution in [-0.2, 0) is 0 Å². The summed E-state index contributed by atoms with van der Waals surface area (Å²) in [6.45, 7) is 5.56. The highest BCUT2D eigenvalue weighted by Crippen LogP contribution is 2.33. The monoisotopic (exact) mass is 411 g/mol. The van der Waals surface area contributed by atoms with Gasteiger partial charge < -0.3 is 15.2 Å². The lowest BCUT2D eigenvalue weighted by molar-refractivity contribution is 0.185. The van der Waals surface area contributed by atoms with Gasteiger partial charge >= 0.3 is 6.09 Å². The first-order chi connectivity index (χ1) is 11.2. The van der Waals surface area contributed by atoms with E-state index in [1.165, 1.54) is 0 Å². The van der Waals surface area contributed by atoms with Crippen molar-refractivity contribution >= 4 is 33.6 Å². The van der Waals surface area contributed by atoms with Crippen LogP contribution in [0.1, 0.15) is 38.0 Å². The van der Waals surface area contributed by atoms with Gasteiger partial charge in [0.2, 0.25) is 0 Å². The van der Waals surface area contributed by atoms with Gasteiger partial charge in [-0.2, -0.15) is 0 Å². The SMILES string of the molecule is CC(C)(C)NC(=O)Oc1ccc(Cl)cc1C(O)c1ccc(Br)cc1. The molecule has 128 valence electrons. The lowest BCUT2D eigenvalue weighted by Gasteiger charge is -2.21. The summed E-state index contributed by atoms with van der Waals surface area (Å²) in [5, 5.41) is 13.8. The molecule has 0 aromatic heterocycles. The van der Waals surface area contributed by atoms with Crippen LogP contribution in [0.25, 0.3) is 0 Å². The van der Waals surface area contributed by atoms with Gasteiger partial charge in [0.05, 0.1) is 0 Å². The molecule has 0 bridgehead atoms. The van der Waals surface area contributed by atoms with Gasteiger partial charge in [-0.3, -0.25) is 0 Å². The van der Waals surface area contributed by atoms with E-state index in [4.69, 9.17) is 16.3 Å². The molecule has 0 radical (unpaired) electrons. The molecular formula is C18H19BrClNO3. The van der Waals surface area contributed by atoms with Crippen LogP contribution in [0.5, 0.6) is 5.75 Å². The zero-order valence-electron chi connectivity index (χ0n) is 13.6. The molecule has 2 N–H and O–H groups in total. The Hall–Kier alpha value is -1.56. The van der Waals surface area contributed by atoms with E-state index in [1.807, 2.05) is 32.9 Å². The molecule has 0 saturated heterocycles. The van der Waals surface area contributed by atoms with Gasteiger partial charge in [-0.15, -0.1) is 0 Å². The summed E-state index contributed by atoms with van der Waals surface area (Å²) in [7, 11) is 0. The Kier molecular flexibility index (Phi) is 5.91. The molecule has 2 aromatic rings. The molecule has 0 aliphatic heterocycles. The highest BCUT2D eigenvalue weighted by molar-refractivity contribution is 9.10. The first-order valence-corrected chi connectivity index (χ1v) is 8.56. The molecule has 1 amide bonds. The van der Waals surface area contributed by atoms with Crippen LogP contribution in [0.15, 0.2) is 46.9 Å². The molecule has 0 saturated carbocycles. The van der Waals surface area contributed by atoms with Crippen molar-refractivity contribution in [3.05, 3.63) is 63.1 Å². The third kappa shape index (κ3) is 5.23. The predicted molar refractivity (Wildman–Crippen MR) is 98.6 cm³/mol. The van der Waals surface area contributed by atoms with Crippen molar-refractivity contribution in [1.82, 2.24) is 5.32 Å². The molecule has 0 aliphatic rings. The molecule has 0 fully saturated rings. The van der Waals surface area contributed by atoms with E-state index in [1.54, 1.807) is 30.3 Å².